The lowest BCUT2D eigenvalue weighted by molar-refractivity contribution is 0.562. The molecule has 0 aliphatic rings. The first kappa shape index (κ1) is 13.7. The van der Waals surface area contributed by atoms with Gasteiger partial charge in [-0.25, -0.2) is 0 Å². The molecule has 0 unspecified atom stereocenters. The number of nitrogens with one attached hydrogen (secondary N) is 1. The predicted molar refractivity (Wildman–Crippen MR) is 65.7 cm³/mol. The van der Waals surface area contributed by atoms with Crippen LogP contribution in [0.1, 0.15) is 57.8 Å². The molecule has 1 nitrogen and oxygen atoms in total. The van der Waals surface area contributed by atoms with Gasteiger partial charge in [-0.15, -0.1) is 6.58 Å². The van der Waals surface area contributed by atoms with Crippen molar-refractivity contribution in [3.63, 3.8) is 0 Å². The van der Waals surface area contributed by atoms with E-state index in [-0.39, 0.29) is 0 Å². The van der Waals surface area contributed by atoms with Crippen LogP contribution in [-0.2, 0) is 0 Å². The fourth-order valence-electron chi connectivity index (χ4n) is 1.65. The fraction of sp³-hybridized carbons (Fsp3) is 0.846. The Balaban J connectivity index is 2.81. The van der Waals surface area contributed by atoms with Crippen molar-refractivity contribution in [2.45, 2.75) is 57.8 Å². The molecular weight excluding hydrogens is 170 g/mol. The Morgan fingerprint density at radius 1 is 0.857 bits per heavy atom. The molecule has 0 aliphatic heterocycles. The average molecular weight is 197 g/mol. The van der Waals surface area contributed by atoms with Gasteiger partial charge in [-0.3, -0.25) is 0 Å². The van der Waals surface area contributed by atoms with Gasteiger partial charge in [0.05, 0.1) is 0 Å². The molecular formula is C13H27N. The van der Waals surface area contributed by atoms with Gasteiger partial charge in [-0.1, -0.05) is 44.6 Å². The minimum absolute atomic E-state index is 1.18. The van der Waals surface area contributed by atoms with E-state index in [0.29, 0.717) is 0 Å². The summed E-state index contributed by atoms with van der Waals surface area (Å²) in [6, 6.07) is 0. The SMILES string of the molecule is C=CCCCCCCCCCCNC. The monoisotopic (exact) mass is 197 g/mol. The van der Waals surface area contributed by atoms with Crippen LogP contribution in [0.2, 0.25) is 0 Å². The number of hydrogen-bond donors (Lipinski definition) is 1. The van der Waals surface area contributed by atoms with Crippen LogP contribution in [0, 0.1) is 0 Å². The zero-order valence-corrected chi connectivity index (χ0v) is 9.86. The summed E-state index contributed by atoms with van der Waals surface area (Å²) in [6.45, 7) is 4.91. The highest BCUT2D eigenvalue weighted by Crippen LogP contribution is 2.09. The van der Waals surface area contributed by atoms with Crippen molar-refractivity contribution >= 4 is 0 Å². The van der Waals surface area contributed by atoms with Gasteiger partial charge < -0.3 is 5.32 Å². The zero-order valence-electron chi connectivity index (χ0n) is 9.86. The van der Waals surface area contributed by atoms with E-state index in [0.717, 1.165) is 0 Å². The first-order valence-corrected chi connectivity index (χ1v) is 6.17. The molecule has 1 heteroatoms. The van der Waals surface area contributed by atoms with Gasteiger partial charge in [-0.05, 0) is 32.9 Å². The van der Waals surface area contributed by atoms with Gasteiger partial charge >= 0.3 is 0 Å². The Morgan fingerprint density at radius 2 is 1.36 bits per heavy atom. The highest BCUT2D eigenvalue weighted by molar-refractivity contribution is 4.65. The number of rotatable bonds is 11. The topological polar surface area (TPSA) is 12.0 Å². The third-order valence-corrected chi connectivity index (χ3v) is 2.59. The molecule has 0 atom stereocenters. The number of hydrogen-bond acceptors (Lipinski definition) is 1. The van der Waals surface area contributed by atoms with E-state index in [9.17, 15) is 0 Å². The Morgan fingerprint density at radius 3 is 1.86 bits per heavy atom. The van der Waals surface area contributed by atoms with Gasteiger partial charge in [-0.2, -0.15) is 0 Å². The lowest BCUT2D eigenvalue weighted by atomic mass is 10.1. The van der Waals surface area contributed by atoms with Crippen LogP contribution in [0.5, 0.6) is 0 Å². The van der Waals surface area contributed by atoms with Crippen molar-refractivity contribution in [1.82, 2.24) is 5.32 Å². The van der Waals surface area contributed by atoms with Crippen molar-refractivity contribution in [2.75, 3.05) is 13.6 Å². The van der Waals surface area contributed by atoms with Gasteiger partial charge in [0.15, 0.2) is 0 Å². The Bertz CT molecular complexity index is 110. The number of allylic oxidation sites excluding steroid dienone is 1. The first-order chi connectivity index (χ1) is 6.91. The molecule has 0 fully saturated rings. The Kier molecular flexibility index (Phi) is 12.4. The van der Waals surface area contributed by atoms with Crippen LogP contribution >= 0.6 is 0 Å². The minimum atomic E-state index is 1.18. The van der Waals surface area contributed by atoms with Crippen molar-refractivity contribution in [3.8, 4) is 0 Å². The maximum atomic E-state index is 3.73. The molecule has 0 aromatic carbocycles. The third kappa shape index (κ3) is 11.7. The summed E-state index contributed by atoms with van der Waals surface area (Å²) in [5.41, 5.74) is 0. The summed E-state index contributed by atoms with van der Waals surface area (Å²) in [5.74, 6) is 0. The van der Waals surface area contributed by atoms with E-state index in [1.807, 2.05) is 13.1 Å². The molecule has 0 spiro atoms. The van der Waals surface area contributed by atoms with Gasteiger partial charge in [0.1, 0.15) is 0 Å². The van der Waals surface area contributed by atoms with Crippen LogP contribution < -0.4 is 5.32 Å². The van der Waals surface area contributed by atoms with E-state index in [4.69, 9.17) is 0 Å². The molecule has 0 saturated heterocycles. The lowest BCUT2D eigenvalue weighted by Gasteiger charge is -2.01. The second-order valence-corrected chi connectivity index (χ2v) is 4.01. The minimum Gasteiger partial charge on any atom is -0.320 e. The van der Waals surface area contributed by atoms with Gasteiger partial charge in [0, 0.05) is 0 Å². The molecule has 84 valence electrons. The molecule has 0 bridgehead atoms. The first-order valence-electron chi connectivity index (χ1n) is 6.17. The smallest absolute Gasteiger partial charge is 0.00519 e. The molecule has 0 radical (unpaired) electrons. The maximum Gasteiger partial charge on any atom is -0.00519 e. The summed E-state index contributed by atoms with van der Waals surface area (Å²) in [5, 5.41) is 3.18. The van der Waals surface area contributed by atoms with Crippen LogP contribution in [0.15, 0.2) is 12.7 Å². The Labute approximate surface area is 90.0 Å². The molecule has 14 heavy (non-hydrogen) atoms. The highest BCUT2D eigenvalue weighted by Gasteiger charge is 1.91. The summed E-state index contributed by atoms with van der Waals surface area (Å²) >= 11 is 0. The van der Waals surface area contributed by atoms with Crippen molar-refractivity contribution in [3.05, 3.63) is 12.7 Å². The highest BCUT2D eigenvalue weighted by atomic mass is 14.8. The molecule has 1 N–H and O–H groups in total. The zero-order chi connectivity index (χ0) is 10.5. The normalized spacial score (nSPS) is 10.4. The lowest BCUT2D eigenvalue weighted by Crippen LogP contribution is -2.06. The van der Waals surface area contributed by atoms with Crippen LogP contribution in [0.3, 0.4) is 0 Å². The summed E-state index contributed by atoms with van der Waals surface area (Å²) in [7, 11) is 2.03. The van der Waals surface area contributed by atoms with Crippen LogP contribution in [0.25, 0.3) is 0 Å². The van der Waals surface area contributed by atoms with Crippen molar-refractivity contribution < 1.29 is 0 Å². The van der Waals surface area contributed by atoms with Crippen LogP contribution in [-0.4, -0.2) is 13.6 Å². The summed E-state index contributed by atoms with van der Waals surface area (Å²) < 4.78 is 0. The van der Waals surface area contributed by atoms with E-state index in [2.05, 4.69) is 11.9 Å². The van der Waals surface area contributed by atoms with Crippen LogP contribution in [0.4, 0.5) is 0 Å². The molecule has 0 aliphatic carbocycles. The summed E-state index contributed by atoms with van der Waals surface area (Å²) in [4.78, 5) is 0. The molecule has 0 aromatic heterocycles. The standard InChI is InChI=1S/C13H27N/c1-3-4-5-6-7-8-9-10-11-12-13-14-2/h3,14H,1,4-13H2,2H3. The average Bonchev–Trinajstić information content (AvgIpc) is 2.21. The second-order valence-electron chi connectivity index (χ2n) is 4.01. The number of unbranched alkanes of at least 4 members (excludes halogenated alkanes) is 8. The predicted octanol–water partition coefficient (Wildman–Crippen LogP) is 3.90. The molecule has 0 amide bonds. The van der Waals surface area contributed by atoms with E-state index >= 15 is 0 Å². The fourth-order valence-corrected chi connectivity index (χ4v) is 1.65. The van der Waals surface area contributed by atoms with E-state index < -0.39 is 0 Å². The molecule has 0 heterocycles. The third-order valence-electron chi connectivity index (χ3n) is 2.59. The molecule has 0 rings (SSSR count). The Hall–Kier alpha value is -0.300. The second kappa shape index (κ2) is 12.7. The van der Waals surface area contributed by atoms with Crippen molar-refractivity contribution in [2.24, 2.45) is 0 Å². The molecule has 0 aromatic rings. The van der Waals surface area contributed by atoms with Gasteiger partial charge in [0.2, 0.25) is 0 Å². The largest absolute Gasteiger partial charge is 0.320 e. The van der Waals surface area contributed by atoms with Gasteiger partial charge in [0.25, 0.3) is 0 Å². The van der Waals surface area contributed by atoms with Crippen molar-refractivity contribution in [1.29, 1.82) is 0 Å². The summed E-state index contributed by atoms with van der Waals surface area (Å²) in [6.07, 6.45) is 14.4. The van der Waals surface area contributed by atoms with E-state index in [1.165, 1.54) is 64.3 Å². The quantitative estimate of drug-likeness (QED) is 0.391. The maximum absolute atomic E-state index is 3.73. The van der Waals surface area contributed by atoms with E-state index in [1.54, 1.807) is 0 Å². The molecule has 0 saturated carbocycles.